The predicted octanol–water partition coefficient (Wildman–Crippen LogP) is 2.78. The first-order valence-corrected chi connectivity index (χ1v) is 5.66. The average molecular weight is 255 g/mol. The quantitative estimate of drug-likeness (QED) is 0.915. The highest BCUT2D eigenvalue weighted by Gasteiger charge is 2.18. The van der Waals surface area contributed by atoms with Gasteiger partial charge in [0.05, 0.1) is 5.69 Å². The third-order valence-electron chi connectivity index (χ3n) is 2.58. The summed E-state index contributed by atoms with van der Waals surface area (Å²) >= 11 is 5.80. The lowest BCUT2D eigenvalue weighted by molar-refractivity contribution is 0.203. The molecule has 0 fully saturated rings. The summed E-state index contributed by atoms with van der Waals surface area (Å²) in [6.07, 6.45) is 0.515. The fourth-order valence-electron chi connectivity index (χ4n) is 1.72. The molecule has 1 unspecified atom stereocenters. The lowest BCUT2D eigenvalue weighted by Crippen LogP contribution is -2.10. The maximum Gasteiger partial charge on any atom is 0.129 e. The monoisotopic (exact) mass is 254 g/mol. The Labute approximate surface area is 103 Å². The minimum atomic E-state index is -1.06. The number of halogens is 2. The predicted molar refractivity (Wildman–Crippen MR) is 63.4 cm³/mol. The van der Waals surface area contributed by atoms with E-state index >= 15 is 0 Å². The van der Waals surface area contributed by atoms with Gasteiger partial charge in [-0.05, 0) is 31.2 Å². The fraction of sp³-hybridized carbons (Fsp3) is 0.250. The molecule has 0 aliphatic rings. The van der Waals surface area contributed by atoms with Crippen molar-refractivity contribution in [2.75, 3.05) is 0 Å². The standard InChI is InChI=1S/C12H12ClFN2O/c1-2-16-11(5-6-15-16)12(17)9-7-8(13)3-4-10(9)14/h3-7,12,17H,2H2,1H3. The Kier molecular flexibility index (Phi) is 3.45. The number of aromatic nitrogens is 2. The zero-order valence-electron chi connectivity index (χ0n) is 9.27. The summed E-state index contributed by atoms with van der Waals surface area (Å²) < 4.78 is 15.2. The number of hydrogen-bond donors (Lipinski definition) is 1. The Morgan fingerprint density at radius 1 is 1.47 bits per heavy atom. The summed E-state index contributed by atoms with van der Waals surface area (Å²) in [7, 11) is 0. The van der Waals surface area contributed by atoms with Crippen LogP contribution in [0.4, 0.5) is 4.39 Å². The summed E-state index contributed by atoms with van der Waals surface area (Å²) in [4.78, 5) is 0. The molecule has 0 radical (unpaired) electrons. The van der Waals surface area contributed by atoms with Crippen molar-refractivity contribution in [3.8, 4) is 0 Å². The molecule has 90 valence electrons. The van der Waals surface area contributed by atoms with E-state index in [0.29, 0.717) is 17.3 Å². The van der Waals surface area contributed by atoms with Crippen LogP contribution in [-0.4, -0.2) is 14.9 Å². The van der Waals surface area contributed by atoms with Crippen molar-refractivity contribution < 1.29 is 9.50 Å². The van der Waals surface area contributed by atoms with E-state index in [2.05, 4.69) is 5.10 Å². The van der Waals surface area contributed by atoms with Crippen molar-refractivity contribution in [1.82, 2.24) is 9.78 Å². The summed E-state index contributed by atoms with van der Waals surface area (Å²) in [5, 5.41) is 14.6. The average Bonchev–Trinajstić information content (AvgIpc) is 2.79. The largest absolute Gasteiger partial charge is 0.382 e. The molecule has 0 aliphatic carbocycles. The van der Waals surface area contributed by atoms with Gasteiger partial charge in [0.15, 0.2) is 0 Å². The summed E-state index contributed by atoms with van der Waals surface area (Å²) in [6, 6.07) is 5.78. The molecule has 0 saturated carbocycles. The van der Waals surface area contributed by atoms with Gasteiger partial charge >= 0.3 is 0 Å². The van der Waals surface area contributed by atoms with Crippen molar-refractivity contribution in [1.29, 1.82) is 0 Å². The first kappa shape index (κ1) is 12.1. The normalized spacial score (nSPS) is 12.7. The van der Waals surface area contributed by atoms with Crippen molar-refractivity contribution in [2.45, 2.75) is 19.6 Å². The van der Waals surface area contributed by atoms with Crippen molar-refractivity contribution in [2.24, 2.45) is 0 Å². The molecule has 17 heavy (non-hydrogen) atoms. The molecule has 2 rings (SSSR count). The van der Waals surface area contributed by atoms with Gasteiger partial charge in [0.25, 0.3) is 0 Å². The molecule has 1 atom stereocenters. The second-order valence-electron chi connectivity index (χ2n) is 3.64. The summed E-state index contributed by atoms with van der Waals surface area (Å²) in [6.45, 7) is 2.51. The van der Waals surface area contributed by atoms with Gasteiger partial charge in [-0.3, -0.25) is 4.68 Å². The van der Waals surface area contributed by atoms with E-state index in [-0.39, 0.29) is 5.56 Å². The molecule has 3 nitrogen and oxygen atoms in total. The van der Waals surface area contributed by atoms with Crippen LogP contribution in [0.25, 0.3) is 0 Å². The van der Waals surface area contributed by atoms with Gasteiger partial charge in [-0.1, -0.05) is 11.6 Å². The minimum absolute atomic E-state index is 0.160. The molecule has 0 spiro atoms. The van der Waals surface area contributed by atoms with E-state index < -0.39 is 11.9 Å². The first-order chi connectivity index (χ1) is 8.13. The number of aliphatic hydroxyl groups excluding tert-OH is 1. The van der Waals surface area contributed by atoms with Crippen LogP contribution in [0.15, 0.2) is 30.5 Å². The van der Waals surface area contributed by atoms with E-state index in [1.165, 1.54) is 18.2 Å². The Balaban J connectivity index is 2.43. The molecule has 0 amide bonds. The highest BCUT2D eigenvalue weighted by Crippen LogP contribution is 2.26. The van der Waals surface area contributed by atoms with Crippen molar-refractivity contribution in [3.63, 3.8) is 0 Å². The summed E-state index contributed by atoms with van der Waals surface area (Å²) in [5.74, 6) is -0.481. The molecule has 1 N–H and O–H groups in total. The fourth-order valence-corrected chi connectivity index (χ4v) is 1.90. The van der Waals surface area contributed by atoms with Gasteiger partial charge in [-0.15, -0.1) is 0 Å². The molecular formula is C12H12ClFN2O. The minimum Gasteiger partial charge on any atom is -0.382 e. The topological polar surface area (TPSA) is 38.0 Å². The molecule has 1 aromatic carbocycles. The molecule has 0 saturated heterocycles. The number of aryl methyl sites for hydroxylation is 1. The number of nitrogens with zero attached hydrogens (tertiary/aromatic N) is 2. The number of benzene rings is 1. The maximum atomic E-state index is 13.6. The maximum absolute atomic E-state index is 13.6. The second kappa shape index (κ2) is 4.85. The third kappa shape index (κ3) is 2.33. The summed E-state index contributed by atoms with van der Waals surface area (Å²) in [5.41, 5.74) is 0.710. The van der Waals surface area contributed by atoms with Crippen LogP contribution in [-0.2, 0) is 6.54 Å². The van der Waals surface area contributed by atoms with Crippen LogP contribution in [0.5, 0.6) is 0 Å². The lowest BCUT2D eigenvalue weighted by atomic mass is 10.1. The van der Waals surface area contributed by atoms with Crippen LogP contribution in [0.2, 0.25) is 5.02 Å². The van der Waals surface area contributed by atoms with E-state index in [0.717, 1.165) is 0 Å². The van der Waals surface area contributed by atoms with Crippen molar-refractivity contribution in [3.05, 3.63) is 52.6 Å². The van der Waals surface area contributed by atoms with Gasteiger partial charge in [0.2, 0.25) is 0 Å². The smallest absolute Gasteiger partial charge is 0.129 e. The van der Waals surface area contributed by atoms with Gasteiger partial charge < -0.3 is 5.11 Å². The van der Waals surface area contributed by atoms with E-state index in [1.54, 1.807) is 16.9 Å². The molecular weight excluding hydrogens is 243 g/mol. The van der Waals surface area contributed by atoms with E-state index in [9.17, 15) is 9.50 Å². The Morgan fingerprint density at radius 2 is 2.24 bits per heavy atom. The number of hydrogen-bond acceptors (Lipinski definition) is 2. The van der Waals surface area contributed by atoms with Crippen LogP contribution < -0.4 is 0 Å². The molecule has 0 aliphatic heterocycles. The Hall–Kier alpha value is -1.39. The molecule has 0 bridgehead atoms. The Morgan fingerprint density at radius 3 is 2.94 bits per heavy atom. The van der Waals surface area contributed by atoms with E-state index in [1.807, 2.05) is 6.92 Å². The zero-order chi connectivity index (χ0) is 12.4. The number of rotatable bonds is 3. The molecule has 1 heterocycles. The van der Waals surface area contributed by atoms with Crippen LogP contribution >= 0.6 is 11.6 Å². The highest BCUT2D eigenvalue weighted by molar-refractivity contribution is 6.30. The number of aliphatic hydroxyl groups is 1. The second-order valence-corrected chi connectivity index (χ2v) is 4.08. The molecule has 1 aromatic heterocycles. The SMILES string of the molecule is CCn1nccc1C(O)c1cc(Cl)ccc1F. The van der Waals surface area contributed by atoms with E-state index in [4.69, 9.17) is 11.6 Å². The van der Waals surface area contributed by atoms with Gasteiger partial charge in [0.1, 0.15) is 11.9 Å². The third-order valence-corrected chi connectivity index (χ3v) is 2.82. The lowest BCUT2D eigenvalue weighted by Gasteiger charge is -2.13. The highest BCUT2D eigenvalue weighted by atomic mass is 35.5. The molecule has 5 heteroatoms. The molecule has 2 aromatic rings. The Bertz CT molecular complexity index is 527. The van der Waals surface area contributed by atoms with Gasteiger partial charge in [-0.2, -0.15) is 5.10 Å². The van der Waals surface area contributed by atoms with Gasteiger partial charge in [0, 0.05) is 23.3 Å². The van der Waals surface area contributed by atoms with Crippen LogP contribution in [0.1, 0.15) is 24.3 Å². The van der Waals surface area contributed by atoms with Crippen molar-refractivity contribution >= 4 is 11.6 Å². The zero-order valence-corrected chi connectivity index (χ0v) is 10.0. The van der Waals surface area contributed by atoms with Gasteiger partial charge in [-0.25, -0.2) is 4.39 Å². The van der Waals surface area contributed by atoms with Crippen LogP contribution in [0.3, 0.4) is 0 Å². The van der Waals surface area contributed by atoms with Crippen LogP contribution in [0, 0.1) is 5.82 Å². The first-order valence-electron chi connectivity index (χ1n) is 5.28.